The number of aromatic nitrogens is 2. The summed E-state index contributed by atoms with van der Waals surface area (Å²) in [6.07, 6.45) is 0.987. The first-order valence-corrected chi connectivity index (χ1v) is 6.92. The van der Waals surface area contributed by atoms with Crippen molar-refractivity contribution in [3.05, 3.63) is 52.8 Å². The van der Waals surface area contributed by atoms with Gasteiger partial charge in [0, 0.05) is 19.6 Å². The van der Waals surface area contributed by atoms with Crippen molar-refractivity contribution in [2.75, 3.05) is 0 Å². The number of benzene rings is 1. The Balaban J connectivity index is 2.02. The first-order chi connectivity index (χ1) is 9.11. The first kappa shape index (κ1) is 13.8. The third kappa shape index (κ3) is 3.24. The topological polar surface area (TPSA) is 29.9 Å². The Hall–Kier alpha value is -1.61. The Morgan fingerprint density at radius 2 is 2.05 bits per heavy atom. The lowest BCUT2D eigenvalue weighted by atomic mass is 10.0. The van der Waals surface area contributed by atoms with Crippen molar-refractivity contribution in [3.63, 3.8) is 0 Å². The fourth-order valence-electron chi connectivity index (χ4n) is 2.35. The summed E-state index contributed by atoms with van der Waals surface area (Å²) in [7, 11) is 2.01. The summed E-state index contributed by atoms with van der Waals surface area (Å²) in [5, 5.41) is 8.05. The van der Waals surface area contributed by atoms with Crippen molar-refractivity contribution < 1.29 is 0 Å². The smallest absolute Gasteiger partial charge is 0.0625 e. The highest BCUT2D eigenvalue weighted by molar-refractivity contribution is 5.28. The van der Waals surface area contributed by atoms with Crippen LogP contribution in [0.2, 0.25) is 0 Å². The normalized spacial score (nSPS) is 12.6. The van der Waals surface area contributed by atoms with E-state index in [9.17, 15) is 0 Å². The summed E-state index contributed by atoms with van der Waals surface area (Å²) in [5.41, 5.74) is 5.09. The molecular formula is C16H23N3. The minimum atomic E-state index is 0.348. The molecule has 3 heteroatoms. The van der Waals surface area contributed by atoms with Crippen molar-refractivity contribution in [2.45, 2.75) is 39.8 Å². The van der Waals surface area contributed by atoms with Crippen molar-refractivity contribution in [1.82, 2.24) is 15.1 Å². The largest absolute Gasteiger partial charge is 0.305 e. The van der Waals surface area contributed by atoms with Gasteiger partial charge in [0.05, 0.1) is 11.4 Å². The molecule has 3 nitrogen and oxygen atoms in total. The summed E-state index contributed by atoms with van der Waals surface area (Å²) in [6, 6.07) is 11.1. The maximum absolute atomic E-state index is 4.47. The second-order valence-electron chi connectivity index (χ2n) is 5.06. The second kappa shape index (κ2) is 6.02. The van der Waals surface area contributed by atoms with Crippen LogP contribution in [0.1, 0.15) is 42.4 Å². The Kier molecular flexibility index (Phi) is 4.38. The van der Waals surface area contributed by atoms with Crippen LogP contribution in [0.15, 0.2) is 30.3 Å². The van der Waals surface area contributed by atoms with Gasteiger partial charge in [-0.05, 0) is 37.5 Å². The van der Waals surface area contributed by atoms with E-state index in [1.54, 1.807) is 0 Å². The fourth-order valence-corrected chi connectivity index (χ4v) is 2.35. The van der Waals surface area contributed by atoms with E-state index in [-0.39, 0.29) is 0 Å². The van der Waals surface area contributed by atoms with E-state index in [2.05, 4.69) is 61.5 Å². The van der Waals surface area contributed by atoms with Crippen LogP contribution in [0.3, 0.4) is 0 Å². The van der Waals surface area contributed by atoms with Gasteiger partial charge in [-0.25, -0.2) is 0 Å². The number of aryl methyl sites for hydroxylation is 3. The molecule has 0 bridgehead atoms. The molecule has 1 aromatic heterocycles. The van der Waals surface area contributed by atoms with Gasteiger partial charge < -0.3 is 5.32 Å². The summed E-state index contributed by atoms with van der Waals surface area (Å²) < 4.78 is 1.97. The van der Waals surface area contributed by atoms with Gasteiger partial charge >= 0.3 is 0 Å². The zero-order valence-corrected chi connectivity index (χ0v) is 12.3. The Morgan fingerprint density at radius 1 is 1.32 bits per heavy atom. The maximum atomic E-state index is 4.47. The summed E-state index contributed by atoms with van der Waals surface area (Å²) in [4.78, 5) is 0. The van der Waals surface area contributed by atoms with E-state index in [1.807, 2.05) is 11.7 Å². The van der Waals surface area contributed by atoms with Gasteiger partial charge in [0.25, 0.3) is 0 Å². The van der Waals surface area contributed by atoms with E-state index >= 15 is 0 Å². The highest BCUT2D eigenvalue weighted by atomic mass is 15.3. The lowest BCUT2D eigenvalue weighted by molar-refractivity contribution is 0.546. The maximum Gasteiger partial charge on any atom is 0.0625 e. The highest BCUT2D eigenvalue weighted by Gasteiger charge is 2.09. The molecule has 0 amide bonds. The predicted octanol–water partition coefficient (Wildman–Crippen LogP) is 3.14. The van der Waals surface area contributed by atoms with Crippen LogP contribution >= 0.6 is 0 Å². The molecule has 102 valence electrons. The molecule has 2 aromatic rings. The van der Waals surface area contributed by atoms with Crippen molar-refractivity contribution in [3.8, 4) is 0 Å². The van der Waals surface area contributed by atoms with Crippen LogP contribution in [0, 0.1) is 6.92 Å². The van der Waals surface area contributed by atoms with Crippen LogP contribution in [0.25, 0.3) is 0 Å². The third-order valence-electron chi connectivity index (χ3n) is 3.63. The van der Waals surface area contributed by atoms with E-state index in [0.29, 0.717) is 6.04 Å². The molecule has 19 heavy (non-hydrogen) atoms. The quantitative estimate of drug-likeness (QED) is 0.891. The molecule has 2 rings (SSSR count). The molecular weight excluding hydrogens is 234 g/mol. The van der Waals surface area contributed by atoms with Crippen LogP contribution in [0.5, 0.6) is 0 Å². The van der Waals surface area contributed by atoms with Gasteiger partial charge in [-0.3, -0.25) is 4.68 Å². The molecule has 0 unspecified atom stereocenters. The Bertz CT molecular complexity index is 543. The highest BCUT2D eigenvalue weighted by Crippen LogP contribution is 2.17. The van der Waals surface area contributed by atoms with Crippen LogP contribution in [0.4, 0.5) is 0 Å². The molecule has 1 heterocycles. The fraction of sp³-hybridized carbons (Fsp3) is 0.438. The van der Waals surface area contributed by atoms with Gasteiger partial charge in [-0.1, -0.05) is 31.2 Å². The number of rotatable bonds is 5. The molecule has 0 radical (unpaired) electrons. The standard InChI is InChI=1S/C16H23N3/c1-5-14-10-15(19(4)18-14)11-17-13(3)16-9-7-6-8-12(16)2/h6-10,13,17H,5,11H2,1-4H3/t13-/m1/s1. The Morgan fingerprint density at radius 3 is 2.68 bits per heavy atom. The van der Waals surface area contributed by atoms with Gasteiger partial charge in [-0.15, -0.1) is 0 Å². The number of nitrogens with one attached hydrogen (secondary N) is 1. The summed E-state index contributed by atoms with van der Waals surface area (Å²) >= 11 is 0. The molecule has 0 fully saturated rings. The van der Waals surface area contributed by atoms with Gasteiger partial charge in [0.1, 0.15) is 0 Å². The van der Waals surface area contributed by atoms with Crippen LogP contribution in [-0.2, 0) is 20.0 Å². The lowest BCUT2D eigenvalue weighted by Gasteiger charge is -2.16. The second-order valence-corrected chi connectivity index (χ2v) is 5.06. The summed E-state index contributed by atoms with van der Waals surface area (Å²) in [5.74, 6) is 0. The predicted molar refractivity (Wildman–Crippen MR) is 79.0 cm³/mol. The molecule has 0 saturated heterocycles. The molecule has 0 aliphatic rings. The SMILES string of the molecule is CCc1cc(CN[C@H](C)c2ccccc2C)n(C)n1. The Labute approximate surface area is 115 Å². The van der Waals surface area contributed by atoms with E-state index in [0.717, 1.165) is 18.7 Å². The average molecular weight is 257 g/mol. The number of nitrogens with zero attached hydrogens (tertiary/aromatic N) is 2. The monoisotopic (exact) mass is 257 g/mol. The molecule has 0 saturated carbocycles. The molecule has 1 N–H and O–H groups in total. The first-order valence-electron chi connectivity index (χ1n) is 6.92. The lowest BCUT2D eigenvalue weighted by Crippen LogP contribution is -2.20. The zero-order chi connectivity index (χ0) is 13.8. The van der Waals surface area contributed by atoms with Gasteiger partial charge in [-0.2, -0.15) is 5.10 Å². The molecule has 1 atom stereocenters. The van der Waals surface area contributed by atoms with Crippen molar-refractivity contribution in [1.29, 1.82) is 0 Å². The van der Waals surface area contributed by atoms with Crippen LogP contribution in [-0.4, -0.2) is 9.78 Å². The average Bonchev–Trinajstić information content (AvgIpc) is 2.77. The van der Waals surface area contributed by atoms with Gasteiger partial charge in [0.2, 0.25) is 0 Å². The van der Waals surface area contributed by atoms with Gasteiger partial charge in [0.15, 0.2) is 0 Å². The molecule has 1 aromatic carbocycles. The zero-order valence-electron chi connectivity index (χ0n) is 12.3. The minimum Gasteiger partial charge on any atom is -0.305 e. The molecule has 0 spiro atoms. The molecule has 0 aliphatic heterocycles. The van der Waals surface area contributed by atoms with Crippen molar-refractivity contribution in [2.24, 2.45) is 7.05 Å². The number of hydrogen-bond donors (Lipinski definition) is 1. The summed E-state index contributed by atoms with van der Waals surface area (Å²) in [6.45, 7) is 7.35. The minimum absolute atomic E-state index is 0.348. The van der Waals surface area contributed by atoms with E-state index in [4.69, 9.17) is 0 Å². The molecule has 0 aliphatic carbocycles. The van der Waals surface area contributed by atoms with E-state index < -0.39 is 0 Å². The number of hydrogen-bond acceptors (Lipinski definition) is 2. The third-order valence-corrected chi connectivity index (χ3v) is 3.63. The van der Waals surface area contributed by atoms with Crippen molar-refractivity contribution >= 4 is 0 Å². The van der Waals surface area contributed by atoms with Crippen LogP contribution < -0.4 is 5.32 Å². The van der Waals surface area contributed by atoms with E-state index in [1.165, 1.54) is 16.8 Å².